The minimum absolute atomic E-state index is 0.0301. The fraction of sp³-hybridized carbons (Fsp3) is 0.167. The van der Waals surface area contributed by atoms with Crippen molar-refractivity contribution in [2.45, 2.75) is 20.8 Å². The lowest BCUT2D eigenvalue weighted by atomic mass is 10.1. The molecule has 0 radical (unpaired) electrons. The van der Waals surface area contributed by atoms with Gasteiger partial charge in [-0.25, -0.2) is 4.79 Å². The summed E-state index contributed by atoms with van der Waals surface area (Å²) in [7, 11) is 1.37. The zero-order valence-corrected chi connectivity index (χ0v) is 16.5. The number of benzene rings is 2. The lowest BCUT2D eigenvalue weighted by molar-refractivity contribution is 0.0600. The molecular formula is C24H23NO3. The first-order valence-electron chi connectivity index (χ1n) is 9.07. The SMILES string of the molecule is COC(=O)c1cccc(-n2c(C)cc(/C=C/C(=O)c3ccc(C)cc3)c2C)c1. The van der Waals surface area contributed by atoms with Crippen molar-refractivity contribution in [1.82, 2.24) is 4.57 Å². The molecule has 1 heterocycles. The highest BCUT2D eigenvalue weighted by Crippen LogP contribution is 2.23. The van der Waals surface area contributed by atoms with Crippen molar-refractivity contribution in [3.8, 4) is 5.69 Å². The molecule has 142 valence electrons. The predicted octanol–water partition coefficient (Wildman–Crippen LogP) is 5.09. The normalized spacial score (nSPS) is 11.0. The molecule has 4 nitrogen and oxygen atoms in total. The van der Waals surface area contributed by atoms with E-state index in [-0.39, 0.29) is 11.8 Å². The zero-order chi connectivity index (χ0) is 20.3. The Balaban J connectivity index is 1.91. The van der Waals surface area contributed by atoms with Gasteiger partial charge in [-0.05, 0) is 62.8 Å². The largest absolute Gasteiger partial charge is 0.465 e. The van der Waals surface area contributed by atoms with E-state index >= 15 is 0 Å². The van der Waals surface area contributed by atoms with Crippen LogP contribution in [0.2, 0.25) is 0 Å². The van der Waals surface area contributed by atoms with Gasteiger partial charge in [0.2, 0.25) is 0 Å². The molecule has 0 aliphatic rings. The molecule has 0 fully saturated rings. The quantitative estimate of drug-likeness (QED) is 0.356. The molecule has 0 atom stereocenters. The number of aryl methyl sites for hydroxylation is 2. The third-order valence-electron chi connectivity index (χ3n) is 4.75. The van der Waals surface area contributed by atoms with E-state index in [0.717, 1.165) is 28.2 Å². The van der Waals surface area contributed by atoms with Crippen molar-refractivity contribution in [1.29, 1.82) is 0 Å². The summed E-state index contributed by atoms with van der Waals surface area (Å²) in [4.78, 5) is 24.2. The molecule has 3 aromatic rings. The molecule has 0 saturated carbocycles. The van der Waals surface area contributed by atoms with Crippen LogP contribution in [-0.2, 0) is 4.74 Å². The van der Waals surface area contributed by atoms with E-state index in [1.54, 1.807) is 18.2 Å². The fourth-order valence-corrected chi connectivity index (χ4v) is 3.22. The van der Waals surface area contributed by atoms with Gasteiger partial charge in [0.25, 0.3) is 0 Å². The molecule has 4 heteroatoms. The number of methoxy groups -OCH3 is 1. The Labute approximate surface area is 165 Å². The number of ketones is 1. The Morgan fingerprint density at radius 3 is 2.32 bits per heavy atom. The van der Waals surface area contributed by atoms with Crippen molar-refractivity contribution in [2.75, 3.05) is 7.11 Å². The van der Waals surface area contributed by atoms with Crippen molar-refractivity contribution >= 4 is 17.8 Å². The first-order valence-corrected chi connectivity index (χ1v) is 9.07. The number of carbonyl (C=O) groups is 2. The van der Waals surface area contributed by atoms with E-state index in [1.165, 1.54) is 7.11 Å². The maximum atomic E-state index is 12.4. The van der Waals surface area contributed by atoms with Crippen LogP contribution in [0.1, 0.15) is 43.2 Å². The van der Waals surface area contributed by atoms with Gasteiger partial charge in [-0.15, -0.1) is 0 Å². The molecule has 3 rings (SSSR count). The van der Waals surface area contributed by atoms with Gasteiger partial charge >= 0.3 is 5.97 Å². The summed E-state index contributed by atoms with van der Waals surface area (Å²) < 4.78 is 6.87. The van der Waals surface area contributed by atoms with Crippen molar-refractivity contribution in [3.63, 3.8) is 0 Å². The molecular weight excluding hydrogens is 350 g/mol. The average molecular weight is 373 g/mol. The van der Waals surface area contributed by atoms with Crippen LogP contribution in [0.5, 0.6) is 0 Å². The molecule has 0 aliphatic heterocycles. The summed E-state index contributed by atoms with van der Waals surface area (Å²) in [6.45, 7) is 5.99. The summed E-state index contributed by atoms with van der Waals surface area (Å²) in [5.41, 5.74) is 6.14. The number of hydrogen-bond acceptors (Lipinski definition) is 3. The lowest BCUT2D eigenvalue weighted by Gasteiger charge is -2.11. The highest BCUT2D eigenvalue weighted by molar-refractivity contribution is 6.06. The second-order valence-electron chi connectivity index (χ2n) is 6.77. The van der Waals surface area contributed by atoms with E-state index in [9.17, 15) is 9.59 Å². The zero-order valence-electron chi connectivity index (χ0n) is 16.5. The number of esters is 1. The Hall–Kier alpha value is -3.40. The number of hydrogen-bond donors (Lipinski definition) is 0. The molecule has 0 spiro atoms. The average Bonchev–Trinajstić information content (AvgIpc) is 2.99. The molecule has 0 unspecified atom stereocenters. The van der Waals surface area contributed by atoms with Gasteiger partial charge < -0.3 is 9.30 Å². The highest BCUT2D eigenvalue weighted by Gasteiger charge is 2.12. The third-order valence-corrected chi connectivity index (χ3v) is 4.75. The molecule has 28 heavy (non-hydrogen) atoms. The van der Waals surface area contributed by atoms with Crippen LogP contribution in [0, 0.1) is 20.8 Å². The Morgan fingerprint density at radius 1 is 0.929 bits per heavy atom. The smallest absolute Gasteiger partial charge is 0.337 e. The first-order chi connectivity index (χ1) is 13.4. The van der Waals surface area contributed by atoms with Gasteiger partial charge in [0, 0.05) is 22.6 Å². The fourth-order valence-electron chi connectivity index (χ4n) is 3.22. The van der Waals surface area contributed by atoms with Crippen LogP contribution in [0.3, 0.4) is 0 Å². The van der Waals surface area contributed by atoms with Crippen molar-refractivity contribution in [2.24, 2.45) is 0 Å². The number of nitrogens with zero attached hydrogens (tertiary/aromatic N) is 1. The van der Waals surface area contributed by atoms with Crippen LogP contribution in [0.15, 0.2) is 60.7 Å². The van der Waals surface area contributed by atoms with Gasteiger partial charge in [0.05, 0.1) is 12.7 Å². The number of allylic oxidation sites excluding steroid dienone is 1. The van der Waals surface area contributed by atoms with Gasteiger partial charge in [-0.3, -0.25) is 4.79 Å². The summed E-state index contributed by atoms with van der Waals surface area (Å²) in [5, 5.41) is 0. The minimum atomic E-state index is -0.367. The van der Waals surface area contributed by atoms with Crippen LogP contribution >= 0.6 is 0 Å². The number of ether oxygens (including phenoxy) is 1. The van der Waals surface area contributed by atoms with Crippen LogP contribution in [0.4, 0.5) is 0 Å². The number of rotatable bonds is 5. The molecule has 0 saturated heterocycles. The van der Waals surface area contributed by atoms with Gasteiger partial charge in [0.1, 0.15) is 0 Å². The van der Waals surface area contributed by atoms with E-state index in [1.807, 2.05) is 69.3 Å². The molecule has 0 N–H and O–H groups in total. The Morgan fingerprint density at radius 2 is 1.64 bits per heavy atom. The van der Waals surface area contributed by atoms with Gasteiger partial charge in [0.15, 0.2) is 5.78 Å². The summed E-state index contributed by atoms with van der Waals surface area (Å²) in [5.74, 6) is -0.398. The molecule has 0 aliphatic carbocycles. The molecule has 2 aromatic carbocycles. The standard InChI is InChI=1S/C24H23NO3/c1-16-8-10-19(11-9-16)23(26)13-12-20-14-17(2)25(18(20)3)22-7-5-6-21(15-22)24(27)28-4/h5-15H,1-4H3/b13-12+. The van der Waals surface area contributed by atoms with E-state index in [4.69, 9.17) is 4.74 Å². The second kappa shape index (κ2) is 8.09. The second-order valence-corrected chi connectivity index (χ2v) is 6.77. The first kappa shape index (κ1) is 19.4. The third kappa shape index (κ3) is 3.96. The maximum Gasteiger partial charge on any atom is 0.337 e. The molecule has 0 bridgehead atoms. The molecule has 0 amide bonds. The summed E-state index contributed by atoms with van der Waals surface area (Å²) >= 11 is 0. The van der Waals surface area contributed by atoms with Crippen LogP contribution in [-0.4, -0.2) is 23.4 Å². The number of aromatic nitrogens is 1. The van der Waals surface area contributed by atoms with Gasteiger partial charge in [-0.2, -0.15) is 0 Å². The highest BCUT2D eigenvalue weighted by atomic mass is 16.5. The topological polar surface area (TPSA) is 48.3 Å². The summed E-state index contributed by atoms with van der Waals surface area (Å²) in [6.07, 6.45) is 3.44. The maximum absolute atomic E-state index is 12.4. The van der Waals surface area contributed by atoms with Crippen LogP contribution < -0.4 is 0 Å². The van der Waals surface area contributed by atoms with Crippen molar-refractivity contribution < 1.29 is 14.3 Å². The predicted molar refractivity (Wildman–Crippen MR) is 111 cm³/mol. The van der Waals surface area contributed by atoms with Gasteiger partial charge in [-0.1, -0.05) is 35.9 Å². The Bertz CT molecular complexity index is 1060. The Kier molecular flexibility index (Phi) is 5.59. The van der Waals surface area contributed by atoms with Crippen LogP contribution in [0.25, 0.3) is 11.8 Å². The van der Waals surface area contributed by atoms with E-state index < -0.39 is 0 Å². The molecule has 1 aromatic heterocycles. The minimum Gasteiger partial charge on any atom is -0.465 e. The number of carbonyl (C=O) groups excluding carboxylic acids is 2. The lowest BCUT2D eigenvalue weighted by Crippen LogP contribution is -2.04. The van der Waals surface area contributed by atoms with Crippen molar-refractivity contribution in [3.05, 3.63) is 94.3 Å². The monoisotopic (exact) mass is 373 g/mol. The summed E-state index contributed by atoms with van der Waals surface area (Å²) in [6, 6.07) is 16.9. The van der Waals surface area contributed by atoms with E-state index in [0.29, 0.717) is 11.1 Å². The van der Waals surface area contributed by atoms with E-state index in [2.05, 4.69) is 4.57 Å².